The van der Waals surface area contributed by atoms with Gasteiger partial charge in [-0.05, 0) is 49.8 Å². The van der Waals surface area contributed by atoms with E-state index in [2.05, 4.69) is 35.3 Å². The Bertz CT molecular complexity index is 984. The number of amides is 1. The molecule has 4 aliphatic rings. The Morgan fingerprint density at radius 2 is 2.00 bits per heavy atom. The summed E-state index contributed by atoms with van der Waals surface area (Å²) in [6, 6.07) is 6.38. The molecule has 0 aromatic heterocycles. The van der Waals surface area contributed by atoms with Gasteiger partial charge in [-0.25, -0.2) is 0 Å². The van der Waals surface area contributed by atoms with Crippen LogP contribution in [0.1, 0.15) is 39.0 Å². The average molecular weight is 388 g/mol. The molecule has 3 N–H and O–H groups in total. The number of nitriles is 3. The summed E-state index contributed by atoms with van der Waals surface area (Å²) in [7, 11) is 0. The van der Waals surface area contributed by atoms with Gasteiger partial charge in [0.2, 0.25) is 11.3 Å². The van der Waals surface area contributed by atoms with Gasteiger partial charge in [-0.2, -0.15) is 15.8 Å². The Labute approximate surface area is 170 Å². The summed E-state index contributed by atoms with van der Waals surface area (Å²) in [6.07, 6.45) is 6.17. The average Bonchev–Trinajstić information content (AvgIpc) is 3.03. The van der Waals surface area contributed by atoms with E-state index in [-0.39, 0.29) is 17.2 Å². The molecule has 0 bridgehead atoms. The third-order valence-corrected chi connectivity index (χ3v) is 7.02. The largest absolute Gasteiger partial charge is 0.399 e. The van der Waals surface area contributed by atoms with Crippen molar-refractivity contribution >= 4 is 5.91 Å². The molecule has 2 aliphatic heterocycles. The molecular formula is C22H24N6O. The maximum atomic E-state index is 13.6. The molecular weight excluding hydrogens is 364 g/mol. The summed E-state index contributed by atoms with van der Waals surface area (Å²) in [6.45, 7) is 4.12. The molecule has 2 heterocycles. The quantitative estimate of drug-likeness (QED) is 0.744. The normalized spacial score (nSPS) is 30.6. The molecule has 7 heteroatoms. The Morgan fingerprint density at radius 1 is 1.28 bits per heavy atom. The maximum absolute atomic E-state index is 13.6. The molecule has 2 aliphatic carbocycles. The molecule has 0 fully saturated rings. The lowest BCUT2D eigenvalue weighted by Crippen LogP contribution is -2.61. The van der Waals surface area contributed by atoms with Crippen LogP contribution in [0, 0.1) is 50.7 Å². The second kappa shape index (κ2) is 6.76. The first-order valence-corrected chi connectivity index (χ1v) is 10.2. The summed E-state index contributed by atoms with van der Waals surface area (Å²) in [4.78, 5) is 15.9. The number of carbonyl (C=O) groups excluding carboxylic acids is 1. The van der Waals surface area contributed by atoms with E-state index in [4.69, 9.17) is 5.73 Å². The fourth-order valence-electron chi connectivity index (χ4n) is 5.83. The molecule has 2 unspecified atom stereocenters. The Kier molecular flexibility index (Phi) is 4.49. The Balaban J connectivity index is 2.07. The van der Waals surface area contributed by atoms with Gasteiger partial charge in [0.25, 0.3) is 0 Å². The van der Waals surface area contributed by atoms with Crippen molar-refractivity contribution in [2.45, 2.75) is 39.0 Å². The topological polar surface area (TPSA) is 130 Å². The van der Waals surface area contributed by atoms with Crippen LogP contribution in [0.25, 0.3) is 0 Å². The number of fused-ring (bicyclic) bond motifs is 3. The van der Waals surface area contributed by atoms with E-state index in [1.807, 2.05) is 6.08 Å². The highest BCUT2D eigenvalue weighted by atomic mass is 16.2. The predicted octanol–water partition coefficient (Wildman–Crippen LogP) is 1.98. The third-order valence-electron chi connectivity index (χ3n) is 7.02. The molecule has 0 aromatic carbocycles. The number of nitrogens with two attached hydrogens (primary N) is 1. The molecule has 0 aromatic rings. The van der Waals surface area contributed by atoms with Crippen LogP contribution in [-0.2, 0) is 4.79 Å². The van der Waals surface area contributed by atoms with E-state index in [0.29, 0.717) is 25.1 Å². The lowest BCUT2D eigenvalue weighted by molar-refractivity contribution is -0.133. The van der Waals surface area contributed by atoms with E-state index in [9.17, 15) is 20.6 Å². The fraction of sp³-hybridized carbons (Fsp3) is 0.545. The van der Waals surface area contributed by atoms with Crippen molar-refractivity contribution in [1.82, 2.24) is 10.2 Å². The molecule has 0 radical (unpaired) electrons. The van der Waals surface area contributed by atoms with Crippen LogP contribution in [0.3, 0.4) is 0 Å². The summed E-state index contributed by atoms with van der Waals surface area (Å²) >= 11 is 0. The number of nitrogens with zero attached hydrogens (tertiary/aromatic N) is 4. The van der Waals surface area contributed by atoms with E-state index < -0.39 is 16.7 Å². The number of nitrogens with one attached hydrogen (secondary N) is 1. The molecule has 1 amide bonds. The second-order valence-corrected chi connectivity index (χ2v) is 8.27. The predicted molar refractivity (Wildman–Crippen MR) is 105 cm³/mol. The van der Waals surface area contributed by atoms with E-state index in [1.54, 1.807) is 0 Å². The minimum Gasteiger partial charge on any atom is -0.399 e. The van der Waals surface area contributed by atoms with Gasteiger partial charge in [0.1, 0.15) is 11.5 Å². The fourth-order valence-corrected chi connectivity index (χ4v) is 5.83. The van der Waals surface area contributed by atoms with Crippen LogP contribution in [0.15, 0.2) is 34.2 Å². The lowest BCUT2D eigenvalue weighted by atomic mass is 9.47. The van der Waals surface area contributed by atoms with Crippen molar-refractivity contribution in [2.75, 3.05) is 19.6 Å². The van der Waals surface area contributed by atoms with Crippen molar-refractivity contribution < 1.29 is 4.79 Å². The van der Waals surface area contributed by atoms with Crippen LogP contribution in [0.4, 0.5) is 0 Å². The first kappa shape index (κ1) is 19.2. The zero-order valence-electron chi connectivity index (χ0n) is 16.6. The standard InChI is InChI=1S/C22H24N6O/c1-2-8-28-9-7-14-15(10-23)19(26)21(12-24,13-25)22(17(14)11-28)16-5-3-4-6-18(16)27-20(22)29/h7,17H,2-6,8-9,11,26H2,1H3,(H,27,29). The van der Waals surface area contributed by atoms with Gasteiger partial charge in [0, 0.05) is 24.7 Å². The monoisotopic (exact) mass is 388 g/mol. The van der Waals surface area contributed by atoms with Crippen molar-refractivity contribution in [3.8, 4) is 18.2 Å². The van der Waals surface area contributed by atoms with Gasteiger partial charge in [-0.15, -0.1) is 0 Å². The van der Waals surface area contributed by atoms with Crippen LogP contribution in [0.5, 0.6) is 0 Å². The van der Waals surface area contributed by atoms with Crippen molar-refractivity contribution in [2.24, 2.45) is 22.5 Å². The Morgan fingerprint density at radius 3 is 2.66 bits per heavy atom. The number of carbonyl (C=O) groups is 1. The maximum Gasteiger partial charge on any atom is 0.238 e. The molecule has 7 nitrogen and oxygen atoms in total. The van der Waals surface area contributed by atoms with Gasteiger partial charge < -0.3 is 11.1 Å². The number of rotatable bonds is 2. The van der Waals surface area contributed by atoms with Gasteiger partial charge in [0.15, 0.2) is 0 Å². The van der Waals surface area contributed by atoms with E-state index in [0.717, 1.165) is 43.5 Å². The van der Waals surface area contributed by atoms with Crippen molar-refractivity contribution in [1.29, 1.82) is 15.8 Å². The molecule has 4 rings (SSSR count). The van der Waals surface area contributed by atoms with Crippen LogP contribution >= 0.6 is 0 Å². The van der Waals surface area contributed by atoms with Gasteiger partial charge in [-0.1, -0.05) is 13.0 Å². The zero-order chi connectivity index (χ0) is 20.8. The van der Waals surface area contributed by atoms with Crippen LogP contribution < -0.4 is 11.1 Å². The zero-order valence-corrected chi connectivity index (χ0v) is 16.6. The molecule has 29 heavy (non-hydrogen) atoms. The van der Waals surface area contributed by atoms with E-state index in [1.165, 1.54) is 0 Å². The smallest absolute Gasteiger partial charge is 0.238 e. The molecule has 2 atom stereocenters. The summed E-state index contributed by atoms with van der Waals surface area (Å²) in [5, 5.41) is 33.4. The highest BCUT2D eigenvalue weighted by Gasteiger charge is 2.71. The van der Waals surface area contributed by atoms with Crippen molar-refractivity contribution in [3.05, 3.63) is 34.2 Å². The second-order valence-electron chi connectivity index (χ2n) is 8.27. The van der Waals surface area contributed by atoms with Gasteiger partial charge >= 0.3 is 0 Å². The summed E-state index contributed by atoms with van der Waals surface area (Å²) in [5.41, 5.74) is 5.64. The number of hydrogen-bond acceptors (Lipinski definition) is 6. The third kappa shape index (κ3) is 2.21. The van der Waals surface area contributed by atoms with Crippen LogP contribution in [-0.4, -0.2) is 30.4 Å². The first-order valence-electron chi connectivity index (χ1n) is 10.2. The minimum absolute atomic E-state index is 0.0779. The van der Waals surface area contributed by atoms with Gasteiger partial charge in [-0.3, -0.25) is 9.69 Å². The number of allylic oxidation sites excluding steroid dienone is 3. The molecule has 0 saturated carbocycles. The molecule has 148 valence electrons. The first-order chi connectivity index (χ1) is 14.0. The van der Waals surface area contributed by atoms with Crippen LogP contribution in [0.2, 0.25) is 0 Å². The van der Waals surface area contributed by atoms with E-state index >= 15 is 0 Å². The molecule has 0 saturated heterocycles. The van der Waals surface area contributed by atoms with Crippen molar-refractivity contribution in [3.63, 3.8) is 0 Å². The molecule has 1 spiro atoms. The Hall–Kier alpha value is -3.08. The lowest BCUT2D eigenvalue weighted by Gasteiger charge is -2.52. The number of hydrogen-bond donors (Lipinski definition) is 2. The summed E-state index contributed by atoms with van der Waals surface area (Å²) in [5.74, 6) is -0.767. The highest BCUT2D eigenvalue weighted by molar-refractivity contribution is 5.96. The SMILES string of the molecule is CCCN1CC=C2C(C#N)=C(N)C(C#N)(C#N)C3(C(=O)NC4=C3CCCC4)C2C1. The summed E-state index contributed by atoms with van der Waals surface area (Å²) < 4.78 is 0. The van der Waals surface area contributed by atoms with Gasteiger partial charge in [0.05, 0.1) is 23.4 Å². The highest BCUT2D eigenvalue weighted by Crippen LogP contribution is 2.64. The minimum atomic E-state index is -1.90.